The van der Waals surface area contributed by atoms with Crippen LogP contribution in [-0.2, 0) is 9.59 Å². The molecule has 1 saturated heterocycles. The number of amides is 1. The molecule has 1 heterocycles. The van der Waals surface area contributed by atoms with Crippen molar-refractivity contribution < 1.29 is 14.7 Å². The molecule has 0 aliphatic carbocycles. The Morgan fingerprint density at radius 1 is 1.36 bits per heavy atom. The van der Waals surface area contributed by atoms with Gasteiger partial charge in [-0.3, -0.25) is 14.5 Å². The van der Waals surface area contributed by atoms with Crippen molar-refractivity contribution in [3.8, 4) is 0 Å². The summed E-state index contributed by atoms with van der Waals surface area (Å²) in [5.41, 5.74) is 3.02. The summed E-state index contributed by atoms with van der Waals surface area (Å²) in [4.78, 5) is 25.1. The summed E-state index contributed by atoms with van der Waals surface area (Å²) in [6, 6.07) is 5.81. The van der Waals surface area contributed by atoms with Crippen LogP contribution in [0, 0.1) is 19.8 Å². The molecule has 2 rings (SSSR count). The predicted octanol–water partition coefficient (Wildman–Crippen LogP) is 2.46. The first kappa shape index (κ1) is 18.5. The van der Waals surface area contributed by atoms with Crippen LogP contribution in [0.1, 0.15) is 24.0 Å². The van der Waals surface area contributed by atoms with Gasteiger partial charge in [0, 0.05) is 12.2 Å². The van der Waals surface area contributed by atoms with Crippen LogP contribution in [0.5, 0.6) is 0 Å². The molecule has 0 spiro atoms. The van der Waals surface area contributed by atoms with Gasteiger partial charge in [0.15, 0.2) is 0 Å². The topological polar surface area (TPSA) is 69.6 Å². The van der Waals surface area contributed by atoms with E-state index >= 15 is 0 Å². The van der Waals surface area contributed by atoms with Gasteiger partial charge >= 0.3 is 5.97 Å². The maximum atomic E-state index is 12.1. The van der Waals surface area contributed by atoms with E-state index in [0.29, 0.717) is 13.0 Å². The molecule has 1 aliphatic rings. The number of aryl methyl sites for hydroxylation is 1. The molecule has 1 unspecified atom stereocenters. The molecular weight excluding hydrogens is 304 g/mol. The lowest BCUT2D eigenvalue weighted by Crippen LogP contribution is -2.42. The minimum atomic E-state index is -0.769. The number of carboxylic acid groups (broad SMARTS) is 1. The average molecular weight is 327 g/mol. The molecular formula is C16H23ClN2O3. The van der Waals surface area contributed by atoms with Gasteiger partial charge in [-0.15, -0.1) is 12.4 Å². The molecule has 1 aliphatic heterocycles. The number of aliphatic carboxylic acids is 1. The molecule has 1 amide bonds. The van der Waals surface area contributed by atoms with Crippen molar-refractivity contribution in [3.05, 3.63) is 29.3 Å². The van der Waals surface area contributed by atoms with Crippen LogP contribution >= 0.6 is 12.4 Å². The molecule has 22 heavy (non-hydrogen) atoms. The minimum Gasteiger partial charge on any atom is -0.481 e. The molecule has 1 aromatic carbocycles. The van der Waals surface area contributed by atoms with Gasteiger partial charge in [0.2, 0.25) is 5.91 Å². The largest absolute Gasteiger partial charge is 0.481 e. The summed E-state index contributed by atoms with van der Waals surface area (Å²) >= 11 is 0. The third kappa shape index (κ3) is 4.71. The monoisotopic (exact) mass is 326 g/mol. The summed E-state index contributed by atoms with van der Waals surface area (Å²) in [5, 5.41) is 12.0. The maximum absolute atomic E-state index is 12.1. The number of carbonyl (C=O) groups is 2. The highest BCUT2D eigenvalue weighted by molar-refractivity contribution is 5.93. The van der Waals surface area contributed by atoms with Crippen molar-refractivity contribution in [2.24, 2.45) is 5.92 Å². The third-order valence-electron chi connectivity index (χ3n) is 4.10. The van der Waals surface area contributed by atoms with Gasteiger partial charge in [0.1, 0.15) is 0 Å². The van der Waals surface area contributed by atoms with E-state index in [-0.39, 0.29) is 30.8 Å². The van der Waals surface area contributed by atoms with Crippen molar-refractivity contribution in [1.82, 2.24) is 4.90 Å². The molecule has 0 saturated carbocycles. The van der Waals surface area contributed by atoms with E-state index in [2.05, 4.69) is 5.32 Å². The quantitative estimate of drug-likeness (QED) is 0.891. The average Bonchev–Trinajstić information content (AvgIpc) is 2.44. The van der Waals surface area contributed by atoms with Crippen LogP contribution in [0.2, 0.25) is 0 Å². The Hall–Kier alpha value is -1.59. The third-order valence-corrected chi connectivity index (χ3v) is 4.10. The first-order valence-corrected chi connectivity index (χ1v) is 7.28. The fourth-order valence-corrected chi connectivity index (χ4v) is 2.68. The molecule has 0 bridgehead atoms. The number of hydrogen-bond acceptors (Lipinski definition) is 3. The van der Waals surface area contributed by atoms with Crippen LogP contribution in [0.3, 0.4) is 0 Å². The molecule has 1 aromatic rings. The lowest BCUT2D eigenvalue weighted by atomic mass is 9.98. The van der Waals surface area contributed by atoms with Crippen LogP contribution in [-0.4, -0.2) is 41.5 Å². The number of rotatable bonds is 4. The molecule has 1 fully saturated rings. The smallest absolute Gasteiger partial charge is 0.307 e. The molecule has 5 nitrogen and oxygen atoms in total. The first-order chi connectivity index (χ1) is 9.97. The Morgan fingerprint density at radius 2 is 2.09 bits per heavy atom. The van der Waals surface area contributed by atoms with Crippen molar-refractivity contribution in [3.63, 3.8) is 0 Å². The second kappa shape index (κ2) is 8.15. The fourth-order valence-electron chi connectivity index (χ4n) is 2.68. The highest BCUT2D eigenvalue weighted by Gasteiger charge is 2.26. The SMILES string of the molecule is Cc1cccc(NC(=O)CN2CCCC(C(=O)O)C2)c1C.Cl. The van der Waals surface area contributed by atoms with Gasteiger partial charge in [0.05, 0.1) is 12.5 Å². The number of nitrogens with zero attached hydrogens (tertiary/aromatic N) is 1. The Labute approximate surface area is 137 Å². The molecule has 1 atom stereocenters. The van der Waals surface area contributed by atoms with Gasteiger partial charge in [0.25, 0.3) is 0 Å². The second-order valence-electron chi connectivity index (χ2n) is 5.71. The summed E-state index contributed by atoms with van der Waals surface area (Å²) in [6.45, 7) is 5.47. The Kier molecular flexibility index (Phi) is 6.84. The fraction of sp³-hybridized carbons (Fsp3) is 0.500. The number of halogens is 1. The lowest BCUT2D eigenvalue weighted by molar-refractivity contribution is -0.144. The van der Waals surface area contributed by atoms with Crippen molar-refractivity contribution in [1.29, 1.82) is 0 Å². The predicted molar refractivity (Wildman–Crippen MR) is 88.6 cm³/mol. The van der Waals surface area contributed by atoms with Crippen LogP contribution in [0.15, 0.2) is 18.2 Å². The highest BCUT2D eigenvalue weighted by Crippen LogP contribution is 2.19. The molecule has 2 N–H and O–H groups in total. The van der Waals surface area contributed by atoms with Gasteiger partial charge in [-0.25, -0.2) is 0 Å². The summed E-state index contributed by atoms with van der Waals surface area (Å²) in [5.74, 6) is -1.21. The van der Waals surface area contributed by atoms with E-state index < -0.39 is 5.97 Å². The number of piperidine rings is 1. The number of benzene rings is 1. The number of carboxylic acids is 1. The number of anilines is 1. The zero-order chi connectivity index (χ0) is 15.4. The summed E-state index contributed by atoms with van der Waals surface area (Å²) < 4.78 is 0. The Balaban J connectivity index is 0.00000242. The van der Waals surface area contributed by atoms with Crippen LogP contribution in [0.25, 0.3) is 0 Å². The van der Waals surface area contributed by atoms with Gasteiger partial charge in [-0.05, 0) is 50.4 Å². The normalized spacial score (nSPS) is 18.4. The summed E-state index contributed by atoms with van der Waals surface area (Å²) in [6.07, 6.45) is 1.53. The van der Waals surface area contributed by atoms with Gasteiger partial charge < -0.3 is 10.4 Å². The van der Waals surface area contributed by atoms with E-state index in [1.807, 2.05) is 36.9 Å². The van der Waals surface area contributed by atoms with Crippen LogP contribution in [0.4, 0.5) is 5.69 Å². The van der Waals surface area contributed by atoms with Gasteiger partial charge in [-0.1, -0.05) is 12.1 Å². The van der Waals surface area contributed by atoms with E-state index in [4.69, 9.17) is 5.11 Å². The second-order valence-corrected chi connectivity index (χ2v) is 5.71. The Bertz CT molecular complexity index is 548. The van der Waals surface area contributed by atoms with E-state index in [9.17, 15) is 9.59 Å². The number of nitrogens with one attached hydrogen (secondary N) is 1. The maximum Gasteiger partial charge on any atom is 0.307 e. The van der Waals surface area contributed by atoms with Crippen LogP contribution < -0.4 is 5.32 Å². The molecule has 0 aromatic heterocycles. The standard InChI is InChI=1S/C16H22N2O3.ClH/c1-11-5-3-7-14(12(11)2)17-15(19)10-18-8-4-6-13(9-18)16(20)21;/h3,5,7,13H,4,6,8-10H2,1-2H3,(H,17,19)(H,20,21);1H. The lowest BCUT2D eigenvalue weighted by Gasteiger charge is -2.30. The minimum absolute atomic E-state index is 0. The van der Waals surface area contributed by atoms with Crippen molar-refractivity contribution in [2.75, 3.05) is 25.0 Å². The first-order valence-electron chi connectivity index (χ1n) is 7.28. The van der Waals surface area contributed by atoms with E-state index in [1.54, 1.807) is 0 Å². The zero-order valence-corrected chi connectivity index (χ0v) is 13.8. The van der Waals surface area contributed by atoms with Crippen molar-refractivity contribution in [2.45, 2.75) is 26.7 Å². The van der Waals surface area contributed by atoms with Crippen molar-refractivity contribution >= 4 is 30.0 Å². The zero-order valence-electron chi connectivity index (χ0n) is 13.0. The van der Waals surface area contributed by atoms with Gasteiger partial charge in [-0.2, -0.15) is 0 Å². The highest BCUT2D eigenvalue weighted by atomic mass is 35.5. The number of likely N-dealkylation sites (tertiary alicyclic amines) is 1. The molecule has 122 valence electrons. The number of hydrogen-bond donors (Lipinski definition) is 2. The van der Waals surface area contributed by atoms with E-state index in [0.717, 1.165) is 29.8 Å². The number of carbonyl (C=O) groups excluding carboxylic acids is 1. The van der Waals surface area contributed by atoms with E-state index in [1.165, 1.54) is 0 Å². The molecule has 6 heteroatoms. The molecule has 0 radical (unpaired) electrons. The summed E-state index contributed by atoms with van der Waals surface area (Å²) in [7, 11) is 0. The Morgan fingerprint density at radius 3 is 2.77 bits per heavy atom.